The number of hydrogen-bond donors (Lipinski definition) is 0. The molecule has 1 aromatic heterocycles. The maximum absolute atomic E-state index is 2.53. The largest absolute Gasteiger partial charge is 0.339 e. The smallest absolute Gasteiger partial charge is 0.0487 e. The fourth-order valence-corrected chi connectivity index (χ4v) is 2.60. The van der Waals surface area contributed by atoms with Gasteiger partial charge in [0, 0.05) is 16.7 Å². The van der Waals surface area contributed by atoms with Gasteiger partial charge in [0.1, 0.15) is 0 Å². The van der Waals surface area contributed by atoms with Crippen molar-refractivity contribution in [2.75, 3.05) is 0 Å². The van der Waals surface area contributed by atoms with Gasteiger partial charge in [0.15, 0.2) is 0 Å². The van der Waals surface area contributed by atoms with E-state index in [-0.39, 0.29) is 5.54 Å². The third-order valence-corrected chi connectivity index (χ3v) is 3.41. The van der Waals surface area contributed by atoms with Crippen LogP contribution in [0.1, 0.15) is 45.2 Å². The molecule has 0 atom stereocenters. The van der Waals surface area contributed by atoms with Gasteiger partial charge in [-0.3, -0.25) is 0 Å². The van der Waals surface area contributed by atoms with Crippen molar-refractivity contribution in [2.45, 2.75) is 45.1 Å². The van der Waals surface area contributed by atoms with E-state index in [4.69, 9.17) is 0 Å². The van der Waals surface area contributed by atoms with Gasteiger partial charge in [0.2, 0.25) is 0 Å². The zero-order valence-corrected chi connectivity index (χ0v) is 10.3. The first-order chi connectivity index (χ1) is 7.57. The zero-order valence-electron chi connectivity index (χ0n) is 10.3. The number of nitrogens with zero attached hydrogens (tertiary/aromatic N) is 1. The van der Waals surface area contributed by atoms with Gasteiger partial charge in [-0.25, -0.2) is 0 Å². The van der Waals surface area contributed by atoms with Crippen molar-refractivity contribution >= 4 is 10.9 Å². The molecule has 0 N–H and O–H groups in total. The molecule has 2 aromatic rings. The molecule has 1 aliphatic carbocycles. The quantitative estimate of drug-likeness (QED) is 0.666. The van der Waals surface area contributed by atoms with Crippen molar-refractivity contribution in [3.05, 3.63) is 36.0 Å². The van der Waals surface area contributed by atoms with Crippen LogP contribution in [-0.4, -0.2) is 4.57 Å². The monoisotopic (exact) mass is 213 g/mol. The lowest BCUT2D eigenvalue weighted by Gasteiger charge is -2.26. The molecule has 0 radical (unpaired) electrons. The Morgan fingerprint density at radius 3 is 2.44 bits per heavy atom. The fourth-order valence-electron chi connectivity index (χ4n) is 2.60. The average molecular weight is 213 g/mol. The van der Waals surface area contributed by atoms with Crippen LogP contribution in [0.25, 0.3) is 10.9 Å². The highest BCUT2D eigenvalue weighted by Crippen LogP contribution is 2.44. The lowest BCUT2D eigenvalue weighted by Crippen LogP contribution is -2.23. The molecular weight excluding hydrogens is 194 g/mol. The Morgan fingerprint density at radius 2 is 1.81 bits per heavy atom. The van der Waals surface area contributed by atoms with Crippen LogP contribution in [-0.2, 0) is 5.54 Å². The summed E-state index contributed by atoms with van der Waals surface area (Å²) >= 11 is 0. The summed E-state index contributed by atoms with van der Waals surface area (Å²) in [4.78, 5) is 0. The molecule has 1 aliphatic rings. The van der Waals surface area contributed by atoms with Crippen molar-refractivity contribution < 1.29 is 0 Å². The third-order valence-electron chi connectivity index (χ3n) is 3.41. The number of benzene rings is 1. The van der Waals surface area contributed by atoms with E-state index in [2.05, 4.69) is 55.7 Å². The van der Waals surface area contributed by atoms with Crippen molar-refractivity contribution in [3.63, 3.8) is 0 Å². The molecule has 1 heterocycles. The van der Waals surface area contributed by atoms with Crippen LogP contribution in [0.4, 0.5) is 0 Å². The molecule has 0 spiro atoms. The molecule has 0 saturated heterocycles. The Hall–Kier alpha value is -1.24. The first-order valence-electron chi connectivity index (χ1n) is 6.18. The molecule has 0 amide bonds. The highest BCUT2D eigenvalue weighted by Gasteiger charge is 2.30. The van der Waals surface area contributed by atoms with Crippen LogP contribution in [0.15, 0.2) is 30.3 Å². The Labute approximate surface area is 97.1 Å². The molecule has 0 bridgehead atoms. The predicted octanol–water partition coefficient (Wildman–Crippen LogP) is 4.27. The molecule has 0 unspecified atom stereocenters. The SMILES string of the molecule is CC(C)(C)n1c(C2CC2)cc2ccccc21. The van der Waals surface area contributed by atoms with Gasteiger partial charge >= 0.3 is 0 Å². The van der Waals surface area contributed by atoms with Crippen molar-refractivity contribution in [3.8, 4) is 0 Å². The molecule has 3 rings (SSSR count). The van der Waals surface area contributed by atoms with E-state index >= 15 is 0 Å². The van der Waals surface area contributed by atoms with Crippen LogP contribution in [0.3, 0.4) is 0 Å². The van der Waals surface area contributed by atoms with E-state index in [0.717, 1.165) is 5.92 Å². The minimum atomic E-state index is 0.182. The Bertz CT molecular complexity index is 524. The van der Waals surface area contributed by atoms with Gasteiger partial charge in [-0.05, 0) is 57.0 Å². The summed E-state index contributed by atoms with van der Waals surface area (Å²) < 4.78 is 2.53. The van der Waals surface area contributed by atoms with Crippen LogP contribution in [0.2, 0.25) is 0 Å². The van der Waals surface area contributed by atoms with E-state index < -0.39 is 0 Å². The van der Waals surface area contributed by atoms with Crippen molar-refractivity contribution in [2.24, 2.45) is 0 Å². The number of aromatic nitrogens is 1. The van der Waals surface area contributed by atoms with Crippen molar-refractivity contribution in [1.82, 2.24) is 4.57 Å². The van der Waals surface area contributed by atoms with E-state index in [1.165, 1.54) is 29.4 Å². The lowest BCUT2D eigenvalue weighted by molar-refractivity contribution is 0.398. The maximum Gasteiger partial charge on any atom is 0.0487 e. The van der Waals surface area contributed by atoms with Crippen molar-refractivity contribution in [1.29, 1.82) is 0 Å². The van der Waals surface area contributed by atoms with Crippen LogP contribution < -0.4 is 0 Å². The number of fused-ring (bicyclic) bond motifs is 1. The zero-order chi connectivity index (χ0) is 11.3. The molecule has 16 heavy (non-hydrogen) atoms. The Kier molecular flexibility index (Phi) is 1.95. The third kappa shape index (κ3) is 1.46. The highest BCUT2D eigenvalue weighted by molar-refractivity contribution is 5.82. The van der Waals surface area contributed by atoms with Gasteiger partial charge in [0.05, 0.1) is 0 Å². The summed E-state index contributed by atoms with van der Waals surface area (Å²) in [6, 6.07) is 11.1. The molecule has 1 fully saturated rings. The summed E-state index contributed by atoms with van der Waals surface area (Å²) in [6.07, 6.45) is 2.73. The summed E-state index contributed by atoms with van der Waals surface area (Å²) in [6.45, 7) is 6.89. The molecular formula is C15H19N. The number of rotatable bonds is 1. The summed E-state index contributed by atoms with van der Waals surface area (Å²) in [7, 11) is 0. The Balaban J connectivity index is 2.31. The molecule has 1 aromatic carbocycles. The molecule has 1 nitrogen and oxygen atoms in total. The maximum atomic E-state index is 2.53. The number of hydrogen-bond acceptors (Lipinski definition) is 0. The summed E-state index contributed by atoms with van der Waals surface area (Å²) in [5, 5.41) is 1.39. The predicted molar refractivity (Wildman–Crippen MR) is 68.9 cm³/mol. The van der Waals surface area contributed by atoms with Crippen LogP contribution in [0.5, 0.6) is 0 Å². The second-order valence-corrected chi connectivity index (χ2v) is 5.91. The molecule has 1 saturated carbocycles. The molecule has 1 heteroatoms. The average Bonchev–Trinajstić information content (AvgIpc) is 2.96. The molecule has 84 valence electrons. The fraction of sp³-hybridized carbons (Fsp3) is 0.467. The second-order valence-electron chi connectivity index (χ2n) is 5.91. The minimum absolute atomic E-state index is 0.182. The topological polar surface area (TPSA) is 4.93 Å². The summed E-state index contributed by atoms with van der Waals surface area (Å²) in [5.41, 5.74) is 3.10. The standard InChI is InChI=1S/C15H19N/c1-15(2,3)16-13-7-5-4-6-12(13)10-14(16)11-8-9-11/h4-7,10-11H,8-9H2,1-3H3. The van der Waals surface area contributed by atoms with E-state index in [0.29, 0.717) is 0 Å². The van der Waals surface area contributed by atoms with Gasteiger partial charge in [-0.2, -0.15) is 0 Å². The Morgan fingerprint density at radius 1 is 1.12 bits per heavy atom. The summed E-state index contributed by atoms with van der Waals surface area (Å²) in [5.74, 6) is 0.812. The first-order valence-corrected chi connectivity index (χ1v) is 6.18. The molecule has 0 aliphatic heterocycles. The van der Waals surface area contributed by atoms with Gasteiger partial charge in [-0.15, -0.1) is 0 Å². The minimum Gasteiger partial charge on any atom is -0.339 e. The van der Waals surface area contributed by atoms with E-state index in [1.54, 1.807) is 0 Å². The highest BCUT2D eigenvalue weighted by atomic mass is 15.1. The van der Waals surface area contributed by atoms with Gasteiger partial charge in [0.25, 0.3) is 0 Å². The normalized spacial score (nSPS) is 16.9. The lowest BCUT2D eigenvalue weighted by atomic mass is 10.1. The first kappa shape index (κ1) is 9.95. The number of para-hydroxylation sites is 1. The van der Waals surface area contributed by atoms with Crippen LogP contribution in [0, 0.1) is 0 Å². The van der Waals surface area contributed by atoms with Gasteiger partial charge in [-0.1, -0.05) is 18.2 Å². The van der Waals surface area contributed by atoms with E-state index in [1.807, 2.05) is 0 Å². The van der Waals surface area contributed by atoms with E-state index in [9.17, 15) is 0 Å². The van der Waals surface area contributed by atoms with Gasteiger partial charge < -0.3 is 4.57 Å². The second kappa shape index (κ2) is 3.13. The van der Waals surface area contributed by atoms with Crippen LogP contribution >= 0.6 is 0 Å².